The normalized spacial score (nSPS) is 24.2. The zero-order valence-electron chi connectivity index (χ0n) is 15.3. The van der Waals surface area contributed by atoms with Crippen molar-refractivity contribution in [1.82, 2.24) is 19.2 Å². The molecule has 0 saturated carbocycles. The summed E-state index contributed by atoms with van der Waals surface area (Å²) in [6.07, 6.45) is 2.38. The van der Waals surface area contributed by atoms with E-state index in [4.69, 9.17) is 0 Å². The van der Waals surface area contributed by atoms with Crippen LogP contribution in [0.3, 0.4) is 0 Å². The summed E-state index contributed by atoms with van der Waals surface area (Å²) in [5.41, 5.74) is 0. The Morgan fingerprint density at radius 1 is 1.28 bits per heavy atom. The van der Waals surface area contributed by atoms with Crippen molar-refractivity contribution in [2.24, 2.45) is 11.8 Å². The summed E-state index contributed by atoms with van der Waals surface area (Å²) < 4.78 is 27.4. The van der Waals surface area contributed by atoms with Crippen molar-refractivity contribution in [1.29, 1.82) is 0 Å². The number of amides is 2. The van der Waals surface area contributed by atoms with Crippen LogP contribution in [0.25, 0.3) is 0 Å². The van der Waals surface area contributed by atoms with E-state index in [1.165, 1.54) is 11.4 Å². The molecule has 25 heavy (non-hydrogen) atoms. The molecular formula is C16H30N4O4S. The van der Waals surface area contributed by atoms with Gasteiger partial charge in [0.2, 0.25) is 11.8 Å². The van der Waals surface area contributed by atoms with Gasteiger partial charge in [0, 0.05) is 39.1 Å². The first-order valence-electron chi connectivity index (χ1n) is 9.03. The van der Waals surface area contributed by atoms with Crippen LogP contribution in [0.5, 0.6) is 0 Å². The fourth-order valence-electron chi connectivity index (χ4n) is 3.53. The molecule has 144 valence electrons. The van der Waals surface area contributed by atoms with Gasteiger partial charge >= 0.3 is 0 Å². The molecule has 1 atom stereocenters. The van der Waals surface area contributed by atoms with Crippen molar-refractivity contribution in [3.8, 4) is 0 Å². The first-order chi connectivity index (χ1) is 11.8. The quantitative estimate of drug-likeness (QED) is 0.703. The smallest absolute Gasteiger partial charge is 0.279 e. The molecule has 2 aliphatic heterocycles. The molecule has 2 rings (SSSR count). The van der Waals surface area contributed by atoms with Gasteiger partial charge in [0.1, 0.15) is 6.04 Å². The van der Waals surface area contributed by atoms with Gasteiger partial charge in [-0.15, -0.1) is 0 Å². The first kappa shape index (κ1) is 20.1. The van der Waals surface area contributed by atoms with Gasteiger partial charge in [-0.1, -0.05) is 13.8 Å². The molecule has 1 unspecified atom stereocenters. The third-order valence-electron chi connectivity index (χ3n) is 4.93. The van der Waals surface area contributed by atoms with E-state index in [2.05, 4.69) is 10.0 Å². The molecule has 0 radical (unpaired) electrons. The van der Waals surface area contributed by atoms with E-state index in [1.54, 1.807) is 4.90 Å². The third-order valence-corrected chi connectivity index (χ3v) is 6.49. The monoisotopic (exact) mass is 374 g/mol. The Kier molecular flexibility index (Phi) is 6.81. The number of nitrogens with one attached hydrogen (secondary N) is 2. The Morgan fingerprint density at radius 3 is 2.48 bits per heavy atom. The standard InChI is InChI=1S/C16H30N4O4S/c1-12(2)11-14-15(21)18-7-4-8-20(14)16(22)13-5-9-19(10-6-13)25(23,24)17-3/h12-14,17H,4-11H2,1-3H3,(H,18,21). The fourth-order valence-corrected chi connectivity index (χ4v) is 4.48. The summed E-state index contributed by atoms with van der Waals surface area (Å²) in [6.45, 7) is 5.91. The van der Waals surface area contributed by atoms with Crippen molar-refractivity contribution in [2.45, 2.75) is 45.6 Å². The maximum atomic E-state index is 13.0. The molecule has 0 aromatic rings. The lowest BCUT2D eigenvalue weighted by molar-refractivity contribution is -0.144. The van der Waals surface area contributed by atoms with E-state index in [-0.39, 0.29) is 17.7 Å². The van der Waals surface area contributed by atoms with Gasteiger partial charge in [-0.25, -0.2) is 4.72 Å². The average Bonchev–Trinajstić information content (AvgIpc) is 2.76. The topological polar surface area (TPSA) is 98.8 Å². The van der Waals surface area contributed by atoms with E-state index in [1.807, 2.05) is 13.8 Å². The minimum atomic E-state index is -3.44. The minimum absolute atomic E-state index is 0.00999. The Hall–Kier alpha value is -1.19. The highest BCUT2D eigenvalue weighted by Crippen LogP contribution is 2.24. The van der Waals surface area contributed by atoms with Crippen molar-refractivity contribution >= 4 is 22.0 Å². The molecule has 2 N–H and O–H groups in total. The zero-order valence-corrected chi connectivity index (χ0v) is 16.1. The maximum absolute atomic E-state index is 13.0. The molecule has 0 aromatic heterocycles. The highest BCUT2D eigenvalue weighted by Gasteiger charge is 2.37. The SMILES string of the molecule is CNS(=O)(=O)N1CCC(C(=O)N2CCCNC(=O)C2CC(C)C)CC1. The molecule has 2 saturated heterocycles. The van der Waals surface area contributed by atoms with E-state index in [9.17, 15) is 18.0 Å². The van der Waals surface area contributed by atoms with Gasteiger partial charge in [0.05, 0.1) is 0 Å². The lowest BCUT2D eigenvalue weighted by atomic mass is 9.94. The van der Waals surface area contributed by atoms with Gasteiger partial charge in [0.25, 0.3) is 10.2 Å². The molecular weight excluding hydrogens is 344 g/mol. The molecule has 0 aliphatic carbocycles. The van der Waals surface area contributed by atoms with Crippen LogP contribution < -0.4 is 10.0 Å². The lowest BCUT2D eigenvalue weighted by Crippen LogP contribution is -2.52. The van der Waals surface area contributed by atoms with Crippen LogP contribution in [0.15, 0.2) is 0 Å². The third kappa shape index (κ3) is 4.92. The molecule has 8 nitrogen and oxygen atoms in total. The van der Waals surface area contributed by atoms with Crippen LogP contribution in [-0.2, 0) is 19.8 Å². The minimum Gasteiger partial charge on any atom is -0.354 e. The fraction of sp³-hybridized carbons (Fsp3) is 0.875. The number of carbonyl (C=O) groups is 2. The highest BCUT2D eigenvalue weighted by molar-refractivity contribution is 7.87. The summed E-state index contributed by atoms with van der Waals surface area (Å²) >= 11 is 0. The average molecular weight is 375 g/mol. The summed E-state index contributed by atoms with van der Waals surface area (Å²) in [5, 5.41) is 2.89. The molecule has 2 amide bonds. The number of nitrogens with zero attached hydrogens (tertiary/aromatic N) is 2. The summed E-state index contributed by atoms with van der Waals surface area (Å²) in [6, 6.07) is -0.422. The Labute approximate surface area is 150 Å². The molecule has 0 aromatic carbocycles. The van der Waals surface area contributed by atoms with Gasteiger partial charge in [0.15, 0.2) is 0 Å². The van der Waals surface area contributed by atoms with E-state index in [0.29, 0.717) is 51.4 Å². The first-order valence-corrected chi connectivity index (χ1v) is 10.5. The molecule has 2 fully saturated rings. The van der Waals surface area contributed by atoms with Gasteiger partial charge in [-0.3, -0.25) is 9.59 Å². The van der Waals surface area contributed by atoms with Crippen LogP contribution in [0.1, 0.15) is 39.5 Å². The summed E-state index contributed by atoms with van der Waals surface area (Å²) in [5.74, 6) is 0.00888. The van der Waals surface area contributed by atoms with Crippen LogP contribution in [0.2, 0.25) is 0 Å². The zero-order chi connectivity index (χ0) is 18.6. The van der Waals surface area contributed by atoms with Gasteiger partial charge in [-0.05, 0) is 31.6 Å². The van der Waals surface area contributed by atoms with Crippen molar-refractivity contribution < 1.29 is 18.0 Å². The largest absolute Gasteiger partial charge is 0.354 e. The van der Waals surface area contributed by atoms with Crippen LogP contribution in [0.4, 0.5) is 0 Å². The number of piperidine rings is 1. The van der Waals surface area contributed by atoms with E-state index >= 15 is 0 Å². The Bertz CT molecular complexity index is 585. The lowest BCUT2D eigenvalue weighted by Gasteiger charge is -2.36. The van der Waals surface area contributed by atoms with Crippen molar-refractivity contribution in [3.63, 3.8) is 0 Å². The summed E-state index contributed by atoms with van der Waals surface area (Å²) in [7, 11) is -2.05. The molecule has 9 heteroatoms. The van der Waals surface area contributed by atoms with Crippen LogP contribution >= 0.6 is 0 Å². The number of hydrogen-bond acceptors (Lipinski definition) is 4. The predicted molar refractivity (Wildman–Crippen MR) is 94.9 cm³/mol. The number of rotatable bonds is 5. The van der Waals surface area contributed by atoms with Crippen molar-refractivity contribution in [2.75, 3.05) is 33.2 Å². The van der Waals surface area contributed by atoms with Crippen LogP contribution in [-0.4, -0.2) is 68.7 Å². The second-order valence-corrected chi connectivity index (χ2v) is 9.08. The second kappa shape index (κ2) is 8.46. The van der Waals surface area contributed by atoms with Gasteiger partial charge < -0.3 is 10.2 Å². The molecule has 0 bridgehead atoms. The maximum Gasteiger partial charge on any atom is 0.279 e. The van der Waals surface area contributed by atoms with E-state index < -0.39 is 16.3 Å². The second-order valence-electron chi connectivity index (χ2n) is 7.20. The van der Waals surface area contributed by atoms with Crippen molar-refractivity contribution in [3.05, 3.63) is 0 Å². The molecule has 2 heterocycles. The summed E-state index contributed by atoms with van der Waals surface area (Å²) in [4.78, 5) is 27.1. The molecule has 0 spiro atoms. The number of carbonyl (C=O) groups excluding carboxylic acids is 2. The Morgan fingerprint density at radius 2 is 1.92 bits per heavy atom. The van der Waals surface area contributed by atoms with E-state index in [0.717, 1.165) is 6.42 Å². The molecule has 2 aliphatic rings. The highest BCUT2D eigenvalue weighted by atomic mass is 32.2. The van der Waals surface area contributed by atoms with Crippen LogP contribution in [0, 0.1) is 11.8 Å². The van der Waals surface area contributed by atoms with Gasteiger partial charge in [-0.2, -0.15) is 12.7 Å². The number of hydrogen-bond donors (Lipinski definition) is 2. The Balaban J connectivity index is 2.06. The predicted octanol–water partition coefficient (Wildman–Crippen LogP) is -0.0742.